The van der Waals surface area contributed by atoms with Crippen molar-refractivity contribution in [3.8, 4) is 16.9 Å². The number of hydrogen-bond acceptors (Lipinski definition) is 3. The van der Waals surface area contributed by atoms with Crippen LogP contribution in [0.5, 0.6) is 5.75 Å². The fraction of sp³-hybridized carbons (Fsp3) is 0.375. The van der Waals surface area contributed by atoms with E-state index in [1.807, 2.05) is 0 Å². The molecule has 2 aliphatic heterocycles. The molecule has 2 heterocycles. The lowest BCUT2D eigenvalue weighted by Gasteiger charge is -2.55. The molecule has 2 saturated heterocycles. The van der Waals surface area contributed by atoms with Gasteiger partial charge in [0.25, 0.3) is 0 Å². The molecule has 0 bridgehead atoms. The average molecular weight is 499 g/mol. The number of methoxy groups -OCH3 is 1. The minimum Gasteiger partial charge on any atom is -0.496 e. The first kappa shape index (κ1) is 23.9. The molecule has 2 aliphatic rings. The summed E-state index contributed by atoms with van der Waals surface area (Å²) in [4.78, 5) is 0. The minimum atomic E-state index is -0.601. The molecule has 4 heteroatoms. The van der Waals surface area contributed by atoms with Crippen LogP contribution in [-0.4, -0.2) is 36.4 Å². The quantitative estimate of drug-likeness (QED) is 0.269. The molecule has 0 radical (unpaired) electrons. The van der Waals surface area contributed by atoms with Gasteiger partial charge in [-0.15, -0.1) is 0 Å². The number of ether oxygens (including phenoxy) is 3. The summed E-state index contributed by atoms with van der Waals surface area (Å²) >= 11 is 0. The highest BCUT2D eigenvalue weighted by Crippen LogP contribution is 2.69. The topological polar surface area (TPSA) is 27.7 Å². The lowest BCUT2D eigenvalue weighted by Crippen LogP contribution is -2.52. The minimum absolute atomic E-state index is 0.0243. The van der Waals surface area contributed by atoms with Crippen molar-refractivity contribution in [3.63, 3.8) is 0 Å². The van der Waals surface area contributed by atoms with Crippen molar-refractivity contribution in [2.24, 2.45) is 0 Å². The molecule has 0 aromatic heterocycles. The van der Waals surface area contributed by atoms with Crippen molar-refractivity contribution in [2.45, 2.75) is 56.6 Å². The van der Waals surface area contributed by atoms with Gasteiger partial charge in [0, 0.05) is 24.0 Å². The molecule has 0 saturated carbocycles. The van der Waals surface area contributed by atoms with E-state index in [4.69, 9.17) is 14.2 Å². The summed E-state index contributed by atoms with van der Waals surface area (Å²) in [5.74, 6) is 0.466. The maximum Gasteiger partial charge on any atom is 0.170 e. The van der Waals surface area contributed by atoms with Gasteiger partial charge >= 0.3 is 0 Å². The predicted octanol–water partition coefficient (Wildman–Crippen LogP) is 7.87. The number of benzene rings is 4. The third-order valence-electron chi connectivity index (χ3n) is 7.94. The zero-order valence-electron chi connectivity index (χ0n) is 21.9. The predicted molar refractivity (Wildman–Crippen MR) is 152 cm³/mol. The van der Waals surface area contributed by atoms with Gasteiger partial charge in [0.2, 0.25) is 0 Å². The van der Waals surface area contributed by atoms with Crippen LogP contribution in [0.3, 0.4) is 0 Å². The van der Waals surface area contributed by atoms with E-state index in [0.717, 1.165) is 18.6 Å². The molecule has 4 aromatic rings. The Morgan fingerprint density at radius 1 is 0.667 bits per heavy atom. The molecular formula is C32H35O3P. The van der Waals surface area contributed by atoms with E-state index in [2.05, 4.69) is 100 Å². The average Bonchev–Trinajstić information content (AvgIpc) is 3.28. The van der Waals surface area contributed by atoms with E-state index in [9.17, 15) is 0 Å². The van der Waals surface area contributed by atoms with Gasteiger partial charge in [-0.05, 0) is 43.2 Å². The molecule has 0 amide bonds. The molecule has 0 N–H and O–H groups in total. The van der Waals surface area contributed by atoms with E-state index in [-0.39, 0.29) is 10.3 Å². The first-order chi connectivity index (χ1) is 17.2. The second-order valence-corrected chi connectivity index (χ2v) is 15.0. The van der Waals surface area contributed by atoms with Gasteiger partial charge in [0.1, 0.15) is 5.75 Å². The SMILES string of the molecule is COc1ccc2ccccc2c1-c1c(P2C(C)(C)CC3(CC2(C)C)OCCO3)ccc2ccccc12. The van der Waals surface area contributed by atoms with E-state index >= 15 is 0 Å². The maximum absolute atomic E-state index is 6.28. The Morgan fingerprint density at radius 2 is 1.19 bits per heavy atom. The lowest BCUT2D eigenvalue weighted by atomic mass is 9.91. The second-order valence-electron chi connectivity index (χ2n) is 11.5. The summed E-state index contributed by atoms with van der Waals surface area (Å²) in [6.07, 6.45) is 1.82. The summed E-state index contributed by atoms with van der Waals surface area (Å²) in [7, 11) is 1.19. The van der Waals surface area contributed by atoms with Gasteiger partial charge in [0.05, 0.1) is 20.3 Å². The van der Waals surface area contributed by atoms with Crippen LogP contribution in [0.25, 0.3) is 32.7 Å². The van der Waals surface area contributed by atoms with Crippen molar-refractivity contribution in [1.82, 2.24) is 0 Å². The number of fused-ring (bicyclic) bond motifs is 2. The van der Waals surface area contributed by atoms with E-state index in [1.54, 1.807) is 7.11 Å². The fourth-order valence-electron chi connectivity index (χ4n) is 7.10. The molecular weight excluding hydrogens is 463 g/mol. The molecule has 1 spiro atoms. The first-order valence-corrected chi connectivity index (χ1v) is 14.3. The fourth-order valence-corrected chi connectivity index (χ4v) is 11.5. The van der Waals surface area contributed by atoms with Gasteiger partial charge in [-0.25, -0.2) is 0 Å². The molecule has 4 aromatic carbocycles. The van der Waals surface area contributed by atoms with E-state index in [0.29, 0.717) is 13.2 Å². The van der Waals surface area contributed by atoms with Crippen molar-refractivity contribution < 1.29 is 14.2 Å². The van der Waals surface area contributed by atoms with Crippen LogP contribution in [-0.2, 0) is 9.47 Å². The van der Waals surface area contributed by atoms with E-state index in [1.165, 1.54) is 38.0 Å². The summed E-state index contributed by atoms with van der Waals surface area (Å²) in [6.45, 7) is 11.1. The molecule has 186 valence electrons. The maximum atomic E-state index is 6.28. The Labute approximate surface area is 215 Å². The highest BCUT2D eigenvalue weighted by molar-refractivity contribution is 7.69. The zero-order valence-corrected chi connectivity index (χ0v) is 22.8. The largest absolute Gasteiger partial charge is 0.496 e. The van der Waals surface area contributed by atoms with Crippen LogP contribution in [0.2, 0.25) is 0 Å². The molecule has 6 rings (SSSR count). The highest BCUT2D eigenvalue weighted by Gasteiger charge is 2.57. The summed E-state index contributed by atoms with van der Waals surface area (Å²) in [6, 6.07) is 26.5. The Balaban J connectivity index is 1.67. The zero-order chi connectivity index (χ0) is 25.1. The van der Waals surface area contributed by atoms with Crippen molar-refractivity contribution in [2.75, 3.05) is 20.3 Å². The smallest absolute Gasteiger partial charge is 0.170 e. The Hall–Kier alpha value is -2.45. The molecule has 0 aliphatic carbocycles. The lowest BCUT2D eigenvalue weighted by molar-refractivity contribution is -0.178. The van der Waals surface area contributed by atoms with Crippen LogP contribution in [0.4, 0.5) is 0 Å². The molecule has 0 atom stereocenters. The van der Waals surface area contributed by atoms with Gasteiger partial charge in [-0.2, -0.15) is 0 Å². The van der Waals surface area contributed by atoms with Crippen molar-refractivity contribution in [3.05, 3.63) is 72.8 Å². The summed E-state index contributed by atoms with van der Waals surface area (Å²) < 4.78 is 18.6. The van der Waals surface area contributed by atoms with E-state index < -0.39 is 13.7 Å². The molecule has 36 heavy (non-hydrogen) atoms. The molecule has 0 unspecified atom stereocenters. The summed E-state index contributed by atoms with van der Waals surface area (Å²) in [5, 5.41) is 6.50. The van der Waals surface area contributed by atoms with Crippen LogP contribution in [0, 0.1) is 0 Å². The van der Waals surface area contributed by atoms with Gasteiger partial charge < -0.3 is 14.2 Å². The molecule has 2 fully saturated rings. The van der Waals surface area contributed by atoms with Crippen molar-refractivity contribution >= 4 is 34.8 Å². The normalized spacial score (nSPS) is 20.8. The monoisotopic (exact) mass is 498 g/mol. The van der Waals surface area contributed by atoms with Crippen LogP contribution >= 0.6 is 7.92 Å². The third kappa shape index (κ3) is 3.76. The van der Waals surface area contributed by atoms with Gasteiger partial charge in [-0.3, -0.25) is 0 Å². The number of rotatable bonds is 3. The Kier molecular flexibility index (Phi) is 5.68. The molecule has 3 nitrogen and oxygen atoms in total. The third-order valence-corrected chi connectivity index (χ3v) is 11.5. The van der Waals surface area contributed by atoms with Gasteiger partial charge in [0.15, 0.2) is 5.79 Å². The highest BCUT2D eigenvalue weighted by atomic mass is 31.1. The summed E-state index contributed by atoms with van der Waals surface area (Å²) in [5.41, 5.74) is 2.52. The van der Waals surface area contributed by atoms with Gasteiger partial charge in [-0.1, -0.05) is 102 Å². The Morgan fingerprint density at radius 3 is 1.78 bits per heavy atom. The standard InChI is InChI=1S/C32H35O3P/c1-30(2)20-32(34-18-19-35-32)21-31(3,4)36(30)27-17-15-23-11-7-9-13-25(23)29(27)28-24-12-8-6-10-22(24)14-16-26(28)33-5/h6-17H,18-21H2,1-5H3. The first-order valence-electron chi connectivity index (χ1n) is 12.9. The number of hydrogen-bond donors (Lipinski definition) is 0. The van der Waals surface area contributed by atoms with Crippen LogP contribution < -0.4 is 10.0 Å². The van der Waals surface area contributed by atoms with Crippen molar-refractivity contribution in [1.29, 1.82) is 0 Å². The van der Waals surface area contributed by atoms with Crippen LogP contribution in [0.15, 0.2) is 72.8 Å². The Bertz CT molecular complexity index is 1430. The van der Waals surface area contributed by atoms with Crippen LogP contribution in [0.1, 0.15) is 40.5 Å². The second kappa shape index (κ2) is 8.55.